The van der Waals surface area contributed by atoms with E-state index in [1.807, 2.05) is 52.0 Å². The molecule has 3 N–H and O–H groups in total. The fourth-order valence-electron chi connectivity index (χ4n) is 2.68. The molecule has 0 atom stereocenters. The summed E-state index contributed by atoms with van der Waals surface area (Å²) in [5.74, 6) is 0.477. The molecule has 2 aromatic heterocycles. The van der Waals surface area contributed by atoms with Crippen molar-refractivity contribution in [3.8, 4) is 11.1 Å². The maximum absolute atomic E-state index is 12.1. The normalized spacial score (nSPS) is 11.4. The van der Waals surface area contributed by atoms with E-state index in [0.29, 0.717) is 11.5 Å². The van der Waals surface area contributed by atoms with Crippen molar-refractivity contribution >= 4 is 28.4 Å². The van der Waals surface area contributed by atoms with E-state index < -0.39 is 11.7 Å². The van der Waals surface area contributed by atoms with Crippen LogP contribution in [0.15, 0.2) is 42.9 Å². The van der Waals surface area contributed by atoms with Crippen LogP contribution in [0, 0.1) is 6.92 Å². The molecule has 134 valence electrons. The van der Waals surface area contributed by atoms with Crippen LogP contribution in [0.3, 0.4) is 0 Å². The molecule has 0 saturated heterocycles. The molecule has 26 heavy (non-hydrogen) atoms. The molecule has 0 aliphatic carbocycles. The Bertz CT molecular complexity index is 977. The number of fused-ring (bicyclic) bond motifs is 1. The van der Waals surface area contributed by atoms with Gasteiger partial charge in [0.2, 0.25) is 0 Å². The van der Waals surface area contributed by atoms with Crippen LogP contribution in [0.5, 0.6) is 0 Å². The number of carbonyl (C=O) groups excluding carboxylic acids is 1. The Hall–Kier alpha value is -3.15. The summed E-state index contributed by atoms with van der Waals surface area (Å²) >= 11 is 0. The van der Waals surface area contributed by atoms with Gasteiger partial charge in [0.15, 0.2) is 0 Å². The quantitative estimate of drug-likeness (QED) is 0.708. The number of anilines is 2. The second kappa shape index (κ2) is 6.63. The molecule has 3 rings (SSSR count). The summed E-state index contributed by atoms with van der Waals surface area (Å²) in [5.41, 5.74) is 8.67. The summed E-state index contributed by atoms with van der Waals surface area (Å²) in [7, 11) is 0. The van der Waals surface area contributed by atoms with Gasteiger partial charge in [-0.2, -0.15) is 0 Å². The Morgan fingerprint density at radius 2 is 1.88 bits per heavy atom. The van der Waals surface area contributed by atoms with Crippen LogP contribution < -0.4 is 11.1 Å². The number of nitrogens with two attached hydrogens (primary N) is 1. The van der Waals surface area contributed by atoms with Crippen molar-refractivity contribution in [2.24, 2.45) is 0 Å². The van der Waals surface area contributed by atoms with E-state index in [-0.39, 0.29) is 0 Å². The van der Waals surface area contributed by atoms with Crippen LogP contribution in [-0.4, -0.2) is 21.7 Å². The highest BCUT2D eigenvalue weighted by atomic mass is 16.6. The molecule has 0 aliphatic heterocycles. The number of nitrogens with zero attached hydrogens (tertiary/aromatic N) is 2. The van der Waals surface area contributed by atoms with Gasteiger partial charge in [-0.3, -0.25) is 10.3 Å². The number of benzene rings is 1. The SMILES string of the molecule is Cc1c(NC(=O)OC(C)(C)C)cncc1-c1ccc2cnc(N)cc2c1. The Kier molecular flexibility index (Phi) is 4.50. The Morgan fingerprint density at radius 1 is 1.12 bits per heavy atom. The van der Waals surface area contributed by atoms with E-state index in [1.165, 1.54) is 0 Å². The average Bonchev–Trinajstić information content (AvgIpc) is 2.54. The van der Waals surface area contributed by atoms with E-state index >= 15 is 0 Å². The second-order valence-electron chi connectivity index (χ2n) is 7.16. The summed E-state index contributed by atoms with van der Waals surface area (Å²) in [4.78, 5) is 20.4. The number of carbonyl (C=O) groups is 1. The third kappa shape index (κ3) is 3.91. The van der Waals surface area contributed by atoms with Gasteiger partial charge in [-0.15, -0.1) is 0 Å². The predicted octanol–water partition coefficient (Wildman–Crippen LogP) is 4.53. The van der Waals surface area contributed by atoms with Crippen molar-refractivity contribution in [3.05, 3.63) is 48.4 Å². The van der Waals surface area contributed by atoms with Crippen LogP contribution in [0.4, 0.5) is 16.3 Å². The highest BCUT2D eigenvalue weighted by Crippen LogP contribution is 2.30. The Balaban J connectivity index is 1.95. The zero-order valence-electron chi connectivity index (χ0n) is 15.3. The molecule has 0 radical (unpaired) electrons. The zero-order chi connectivity index (χ0) is 18.9. The fraction of sp³-hybridized carbons (Fsp3) is 0.250. The van der Waals surface area contributed by atoms with E-state index in [0.717, 1.165) is 27.5 Å². The van der Waals surface area contributed by atoms with Crippen LogP contribution in [0.2, 0.25) is 0 Å². The number of nitrogen functional groups attached to an aromatic ring is 1. The van der Waals surface area contributed by atoms with Gasteiger partial charge >= 0.3 is 6.09 Å². The molecule has 3 aromatic rings. The number of ether oxygens (including phenoxy) is 1. The number of hydrogen-bond donors (Lipinski definition) is 2. The fourth-order valence-corrected chi connectivity index (χ4v) is 2.68. The standard InChI is InChI=1S/C20H22N4O2/c1-12-16(10-22-11-17(12)24-19(25)26-20(2,3)4)13-5-6-14-9-23-18(21)8-15(14)7-13/h5-11H,1-4H3,(H2,21,23)(H,24,25). The molecule has 6 heteroatoms. The molecular formula is C20H22N4O2. The molecule has 0 bridgehead atoms. The van der Waals surface area contributed by atoms with Gasteiger partial charge in [-0.05, 0) is 56.3 Å². The summed E-state index contributed by atoms with van der Waals surface area (Å²) in [6.07, 6.45) is 4.64. The maximum Gasteiger partial charge on any atom is 0.412 e. The second-order valence-corrected chi connectivity index (χ2v) is 7.16. The van der Waals surface area contributed by atoms with Crippen LogP contribution in [0.1, 0.15) is 26.3 Å². The van der Waals surface area contributed by atoms with Gasteiger partial charge < -0.3 is 10.5 Å². The molecule has 0 saturated carbocycles. The summed E-state index contributed by atoms with van der Waals surface area (Å²) < 4.78 is 5.31. The number of rotatable bonds is 2. The number of amides is 1. The van der Waals surface area contributed by atoms with Gasteiger partial charge in [-0.25, -0.2) is 9.78 Å². The minimum absolute atomic E-state index is 0.477. The lowest BCUT2D eigenvalue weighted by Gasteiger charge is -2.20. The van der Waals surface area contributed by atoms with Crippen LogP contribution in [-0.2, 0) is 4.74 Å². The highest BCUT2D eigenvalue weighted by molar-refractivity contribution is 5.91. The van der Waals surface area contributed by atoms with Crippen molar-refractivity contribution in [2.75, 3.05) is 11.1 Å². The average molecular weight is 350 g/mol. The van der Waals surface area contributed by atoms with Crippen molar-refractivity contribution in [1.82, 2.24) is 9.97 Å². The zero-order valence-corrected chi connectivity index (χ0v) is 15.3. The first kappa shape index (κ1) is 17.7. The third-order valence-corrected chi connectivity index (χ3v) is 3.90. The first-order chi connectivity index (χ1) is 12.2. The molecule has 0 fully saturated rings. The first-order valence-corrected chi connectivity index (χ1v) is 8.33. The molecule has 1 amide bonds. The summed E-state index contributed by atoms with van der Waals surface area (Å²) in [6.45, 7) is 7.41. The van der Waals surface area contributed by atoms with Crippen molar-refractivity contribution in [1.29, 1.82) is 0 Å². The van der Waals surface area contributed by atoms with Gasteiger partial charge in [0.1, 0.15) is 11.4 Å². The Morgan fingerprint density at radius 3 is 2.62 bits per heavy atom. The minimum atomic E-state index is -0.560. The lowest BCUT2D eigenvalue weighted by Crippen LogP contribution is -2.27. The third-order valence-electron chi connectivity index (χ3n) is 3.90. The Labute approximate surface area is 152 Å². The van der Waals surface area contributed by atoms with E-state index in [4.69, 9.17) is 10.5 Å². The van der Waals surface area contributed by atoms with Gasteiger partial charge in [0.25, 0.3) is 0 Å². The monoisotopic (exact) mass is 350 g/mol. The van der Waals surface area contributed by atoms with Crippen molar-refractivity contribution in [3.63, 3.8) is 0 Å². The predicted molar refractivity (Wildman–Crippen MR) is 104 cm³/mol. The molecular weight excluding hydrogens is 328 g/mol. The highest BCUT2D eigenvalue weighted by Gasteiger charge is 2.17. The molecule has 0 spiro atoms. The summed E-state index contributed by atoms with van der Waals surface area (Å²) in [5, 5.41) is 4.78. The van der Waals surface area contributed by atoms with E-state index in [9.17, 15) is 4.79 Å². The lowest BCUT2D eigenvalue weighted by molar-refractivity contribution is 0.0636. The molecule has 6 nitrogen and oxygen atoms in total. The number of hydrogen-bond acceptors (Lipinski definition) is 5. The molecule has 1 aromatic carbocycles. The minimum Gasteiger partial charge on any atom is -0.444 e. The largest absolute Gasteiger partial charge is 0.444 e. The van der Waals surface area contributed by atoms with Gasteiger partial charge in [0, 0.05) is 23.3 Å². The number of pyridine rings is 2. The van der Waals surface area contributed by atoms with Gasteiger partial charge in [-0.1, -0.05) is 12.1 Å². The maximum atomic E-state index is 12.1. The van der Waals surface area contributed by atoms with E-state index in [1.54, 1.807) is 18.6 Å². The smallest absolute Gasteiger partial charge is 0.412 e. The molecule has 0 unspecified atom stereocenters. The number of nitrogens with one attached hydrogen (secondary N) is 1. The van der Waals surface area contributed by atoms with Crippen LogP contribution in [0.25, 0.3) is 21.9 Å². The topological polar surface area (TPSA) is 90.1 Å². The molecule has 2 heterocycles. The van der Waals surface area contributed by atoms with Crippen molar-refractivity contribution < 1.29 is 9.53 Å². The van der Waals surface area contributed by atoms with Gasteiger partial charge in [0.05, 0.1) is 11.9 Å². The summed E-state index contributed by atoms with van der Waals surface area (Å²) in [6, 6.07) is 7.87. The van der Waals surface area contributed by atoms with Crippen LogP contribution >= 0.6 is 0 Å². The van der Waals surface area contributed by atoms with Crippen molar-refractivity contribution in [2.45, 2.75) is 33.3 Å². The number of aromatic nitrogens is 2. The lowest BCUT2D eigenvalue weighted by atomic mass is 9.99. The van der Waals surface area contributed by atoms with E-state index in [2.05, 4.69) is 15.3 Å². The molecule has 0 aliphatic rings. The first-order valence-electron chi connectivity index (χ1n) is 8.33.